The van der Waals surface area contributed by atoms with E-state index < -0.39 is 41.2 Å². The van der Waals surface area contributed by atoms with Crippen molar-refractivity contribution in [3.63, 3.8) is 0 Å². The van der Waals surface area contributed by atoms with Crippen LogP contribution in [-0.2, 0) is 17.2 Å². The van der Waals surface area contributed by atoms with Gasteiger partial charge in [0.2, 0.25) is 5.60 Å². The molecule has 30 heavy (non-hydrogen) atoms. The van der Waals surface area contributed by atoms with Crippen molar-refractivity contribution in [3.05, 3.63) is 47.2 Å². The highest BCUT2D eigenvalue weighted by molar-refractivity contribution is 5.71. The Labute approximate surface area is 166 Å². The lowest BCUT2D eigenvalue weighted by Crippen LogP contribution is -2.49. The van der Waals surface area contributed by atoms with Crippen molar-refractivity contribution in [2.75, 3.05) is 13.2 Å². The Kier molecular flexibility index (Phi) is 4.99. The van der Waals surface area contributed by atoms with Gasteiger partial charge in [0.15, 0.2) is 5.75 Å². The fraction of sp³-hybridized carbons (Fsp3) is 0.368. The molecule has 0 radical (unpaired) electrons. The van der Waals surface area contributed by atoms with Gasteiger partial charge in [-0.2, -0.15) is 31.6 Å². The van der Waals surface area contributed by atoms with Gasteiger partial charge in [-0.15, -0.1) is 0 Å². The molecular formula is C19H15F6N3O2. The molecule has 1 aromatic carbocycles. The van der Waals surface area contributed by atoms with Gasteiger partial charge in [0.1, 0.15) is 17.7 Å². The number of hydrogen-bond acceptors (Lipinski definition) is 5. The quantitative estimate of drug-likeness (QED) is 0.724. The number of ether oxygens (including phenoxy) is 1. The summed E-state index contributed by atoms with van der Waals surface area (Å²) < 4.78 is 84.6. The van der Waals surface area contributed by atoms with Crippen LogP contribution in [0.4, 0.5) is 26.3 Å². The molecule has 11 heteroatoms. The van der Waals surface area contributed by atoms with E-state index in [0.29, 0.717) is 0 Å². The summed E-state index contributed by atoms with van der Waals surface area (Å²) in [5, 5.41) is 19.7. The predicted octanol–water partition coefficient (Wildman–Crippen LogP) is 3.65. The molecule has 0 aliphatic carbocycles. The molecule has 0 amide bonds. The summed E-state index contributed by atoms with van der Waals surface area (Å²) in [4.78, 5) is 3.85. The number of alkyl halides is 6. The predicted molar refractivity (Wildman–Crippen MR) is 92.1 cm³/mol. The fourth-order valence-corrected chi connectivity index (χ4v) is 3.07. The van der Waals surface area contributed by atoms with Crippen LogP contribution >= 0.6 is 0 Å². The lowest BCUT2D eigenvalue weighted by molar-refractivity contribution is -0.263. The van der Waals surface area contributed by atoms with Crippen molar-refractivity contribution in [3.8, 4) is 23.1 Å². The molecule has 5 nitrogen and oxygen atoms in total. The van der Waals surface area contributed by atoms with E-state index in [2.05, 4.69) is 4.98 Å². The van der Waals surface area contributed by atoms with Crippen molar-refractivity contribution in [2.24, 2.45) is 5.73 Å². The SMILES string of the molecule is CC1(C#N)COc2c1cc([C@@](O)(CN)C(F)(F)F)nc2-c1ccc(C(F)(F)F)cc1. The number of hydrogen-bond donors (Lipinski definition) is 2. The third-order valence-corrected chi connectivity index (χ3v) is 4.99. The normalized spacial score (nSPS) is 20.8. The number of nitriles is 1. The Balaban J connectivity index is 2.28. The van der Waals surface area contributed by atoms with Crippen LogP contribution < -0.4 is 10.5 Å². The zero-order chi connectivity index (χ0) is 22.5. The topological polar surface area (TPSA) is 92.2 Å². The van der Waals surface area contributed by atoms with E-state index in [4.69, 9.17) is 10.5 Å². The maximum Gasteiger partial charge on any atom is 0.424 e. The number of aromatic nitrogens is 1. The standard InChI is InChI=1S/C19H15F6N3O2/c1-16(7-26)9-30-15-12(16)6-13(17(29,8-27)19(23,24)25)28-14(15)10-2-4-11(5-3-10)18(20,21)22/h2-6,29H,8-9,27H2,1H3/t16?,17-/m0/s1. The minimum absolute atomic E-state index is 0.0184. The second-order valence-electron chi connectivity index (χ2n) is 7.10. The van der Waals surface area contributed by atoms with Crippen LogP contribution in [0.15, 0.2) is 30.3 Å². The Morgan fingerprint density at radius 1 is 1.20 bits per heavy atom. The number of fused-ring (bicyclic) bond motifs is 1. The number of pyridine rings is 1. The Morgan fingerprint density at radius 2 is 1.80 bits per heavy atom. The molecule has 0 spiro atoms. The maximum absolute atomic E-state index is 13.5. The second-order valence-corrected chi connectivity index (χ2v) is 7.10. The average molecular weight is 431 g/mol. The summed E-state index contributed by atoms with van der Waals surface area (Å²) in [6, 6.07) is 6.38. The number of halogens is 6. The fourth-order valence-electron chi connectivity index (χ4n) is 3.07. The number of nitrogens with two attached hydrogens (primary N) is 1. The monoisotopic (exact) mass is 431 g/mol. The molecule has 0 saturated carbocycles. The van der Waals surface area contributed by atoms with Gasteiger partial charge in [0, 0.05) is 17.7 Å². The molecule has 0 saturated heterocycles. The van der Waals surface area contributed by atoms with Gasteiger partial charge in [-0.1, -0.05) is 12.1 Å². The van der Waals surface area contributed by atoms with Crippen LogP contribution in [-0.4, -0.2) is 29.4 Å². The molecule has 1 aliphatic rings. The highest BCUT2D eigenvalue weighted by Crippen LogP contribution is 2.47. The maximum atomic E-state index is 13.5. The van der Waals surface area contributed by atoms with Crippen LogP contribution in [0, 0.1) is 11.3 Å². The summed E-state index contributed by atoms with van der Waals surface area (Å²) in [6.07, 6.45) is -9.80. The number of benzene rings is 1. The first kappa shape index (κ1) is 21.9. The molecule has 3 rings (SSSR count). The van der Waals surface area contributed by atoms with Gasteiger partial charge in [0.25, 0.3) is 0 Å². The molecular weight excluding hydrogens is 416 g/mol. The molecule has 0 bridgehead atoms. The molecule has 3 N–H and O–H groups in total. The van der Waals surface area contributed by atoms with Crippen LogP contribution in [0.2, 0.25) is 0 Å². The zero-order valence-corrected chi connectivity index (χ0v) is 15.4. The smallest absolute Gasteiger partial charge is 0.424 e. The molecule has 2 heterocycles. The minimum Gasteiger partial charge on any atom is -0.489 e. The third kappa shape index (κ3) is 3.36. The van der Waals surface area contributed by atoms with Crippen LogP contribution in [0.25, 0.3) is 11.3 Å². The lowest BCUT2D eigenvalue weighted by Gasteiger charge is -2.29. The summed E-state index contributed by atoms with van der Waals surface area (Å²) >= 11 is 0. The van der Waals surface area contributed by atoms with Crippen molar-refractivity contribution in [1.29, 1.82) is 5.26 Å². The number of aliphatic hydroxyl groups is 1. The first-order valence-corrected chi connectivity index (χ1v) is 8.54. The molecule has 2 atom stereocenters. The zero-order valence-electron chi connectivity index (χ0n) is 15.4. The molecule has 2 aromatic rings. The van der Waals surface area contributed by atoms with Crippen LogP contribution in [0.5, 0.6) is 5.75 Å². The molecule has 1 aromatic heterocycles. The van der Waals surface area contributed by atoms with Crippen LogP contribution in [0.1, 0.15) is 23.7 Å². The first-order valence-electron chi connectivity index (χ1n) is 8.54. The van der Waals surface area contributed by atoms with E-state index in [-0.39, 0.29) is 29.2 Å². The average Bonchev–Trinajstić information content (AvgIpc) is 3.02. The van der Waals surface area contributed by atoms with Crippen molar-refractivity contribution in [1.82, 2.24) is 4.98 Å². The summed E-state index contributed by atoms with van der Waals surface area (Å²) in [7, 11) is 0. The molecule has 0 fully saturated rings. The summed E-state index contributed by atoms with van der Waals surface area (Å²) in [5.41, 5.74) is -1.71. The minimum atomic E-state index is -5.19. The molecule has 160 valence electrons. The van der Waals surface area contributed by atoms with E-state index in [1.807, 2.05) is 6.07 Å². The van der Waals surface area contributed by atoms with E-state index in [0.717, 1.165) is 30.3 Å². The van der Waals surface area contributed by atoms with Gasteiger partial charge < -0.3 is 15.6 Å². The Morgan fingerprint density at radius 3 is 2.27 bits per heavy atom. The number of nitrogens with zero attached hydrogens (tertiary/aromatic N) is 2. The van der Waals surface area contributed by atoms with Gasteiger partial charge in [-0.25, -0.2) is 4.98 Å². The third-order valence-electron chi connectivity index (χ3n) is 4.99. The van der Waals surface area contributed by atoms with Gasteiger partial charge in [-0.05, 0) is 25.1 Å². The van der Waals surface area contributed by atoms with E-state index in [9.17, 15) is 36.7 Å². The highest BCUT2D eigenvalue weighted by Gasteiger charge is 2.56. The van der Waals surface area contributed by atoms with Crippen molar-refractivity contribution < 1.29 is 36.2 Å². The second kappa shape index (κ2) is 6.85. The first-order chi connectivity index (χ1) is 13.8. The Bertz CT molecular complexity index is 1010. The van der Waals surface area contributed by atoms with Crippen molar-refractivity contribution >= 4 is 0 Å². The molecule has 1 aliphatic heterocycles. The van der Waals surface area contributed by atoms with E-state index in [1.165, 1.54) is 6.92 Å². The largest absolute Gasteiger partial charge is 0.489 e. The molecule has 1 unspecified atom stereocenters. The van der Waals surface area contributed by atoms with Crippen molar-refractivity contribution in [2.45, 2.75) is 30.3 Å². The van der Waals surface area contributed by atoms with Gasteiger partial charge in [-0.3, -0.25) is 0 Å². The van der Waals surface area contributed by atoms with E-state index in [1.54, 1.807) is 0 Å². The lowest BCUT2D eigenvalue weighted by atomic mass is 9.83. The highest BCUT2D eigenvalue weighted by atomic mass is 19.4. The van der Waals surface area contributed by atoms with Crippen LogP contribution in [0.3, 0.4) is 0 Å². The van der Waals surface area contributed by atoms with Gasteiger partial charge in [0.05, 0.1) is 17.3 Å². The summed E-state index contributed by atoms with van der Waals surface area (Å²) in [6.45, 7) is -0.0300. The Hall–Kier alpha value is -2.84. The summed E-state index contributed by atoms with van der Waals surface area (Å²) in [5.74, 6) is -0.0379. The number of rotatable bonds is 3. The van der Waals surface area contributed by atoms with E-state index >= 15 is 0 Å². The van der Waals surface area contributed by atoms with Gasteiger partial charge >= 0.3 is 12.4 Å².